The predicted molar refractivity (Wildman–Crippen MR) is 216 cm³/mol. The Morgan fingerprint density at radius 1 is 0.641 bits per heavy atom. The summed E-state index contributed by atoms with van der Waals surface area (Å²) in [5.74, 6) is -2.55. The van der Waals surface area contributed by atoms with Crippen molar-refractivity contribution in [2.24, 2.45) is 30.7 Å². The summed E-state index contributed by atoms with van der Waals surface area (Å²) in [7, 11) is -10.1. The summed E-state index contributed by atoms with van der Waals surface area (Å²) in [5, 5.41) is 101. The quantitative estimate of drug-likeness (QED) is 0.00674. The number of nitro groups is 1. The highest BCUT2D eigenvalue weighted by Gasteiger charge is 2.27. The lowest BCUT2D eigenvalue weighted by molar-refractivity contribution is -0.432. The molecule has 5 aromatic rings. The Morgan fingerprint density at radius 3 is 1.72 bits per heavy atom. The first-order chi connectivity index (χ1) is 30.4. The number of phenolic OH excluding ortho intramolecular Hbond substituents is 2. The molecular weight excluding hydrogens is 945 g/mol. The number of aliphatic hydroxyl groups excluding tert-OH is 2. The van der Waals surface area contributed by atoms with Crippen molar-refractivity contribution in [3.63, 3.8) is 0 Å². The van der Waals surface area contributed by atoms with E-state index in [9.17, 15) is 56.5 Å². The molecule has 0 atom stereocenters. The number of anilines is 1. The van der Waals surface area contributed by atoms with Crippen molar-refractivity contribution in [1.82, 2.24) is 0 Å². The summed E-state index contributed by atoms with van der Waals surface area (Å²) in [6.45, 7) is -1.78. The van der Waals surface area contributed by atoms with Crippen LogP contribution in [0.1, 0.15) is 0 Å². The van der Waals surface area contributed by atoms with Crippen molar-refractivity contribution < 1.29 is 90.0 Å². The van der Waals surface area contributed by atoms with E-state index < -0.39 is 82.1 Å². The van der Waals surface area contributed by atoms with Crippen LogP contribution in [0.15, 0.2) is 111 Å². The van der Waals surface area contributed by atoms with Gasteiger partial charge in [-0.25, -0.2) is 10.5 Å². The molecule has 0 fully saturated rings. The zero-order valence-corrected chi connectivity index (χ0v) is 34.7. The topological polar surface area (TPSA) is 429 Å². The lowest BCUT2D eigenvalue weighted by Gasteiger charge is -2.14. The van der Waals surface area contributed by atoms with E-state index in [-0.39, 0.29) is 92.4 Å². The van der Waals surface area contributed by atoms with Crippen molar-refractivity contribution in [3.8, 4) is 23.0 Å². The maximum Gasteiger partial charge on any atom is 0.296 e. The van der Waals surface area contributed by atoms with Gasteiger partial charge >= 0.3 is 0 Å². The highest BCUT2D eigenvalue weighted by atomic mass is 32.2. The van der Waals surface area contributed by atoms with Crippen molar-refractivity contribution in [2.75, 3.05) is 32.2 Å². The van der Waals surface area contributed by atoms with Gasteiger partial charge in [-0.1, -0.05) is 10.1 Å². The van der Waals surface area contributed by atoms with Gasteiger partial charge in [-0.15, -0.1) is 39.4 Å². The second kappa shape index (κ2) is 21.4. The number of hydrogen-bond acceptors (Lipinski definition) is 27. The fourth-order valence-electron chi connectivity index (χ4n) is 5.16. The molecule has 0 unspecified atom stereocenters. The van der Waals surface area contributed by atoms with Gasteiger partial charge in [0, 0.05) is 30.0 Å². The van der Waals surface area contributed by atoms with Gasteiger partial charge in [0.15, 0.2) is 11.5 Å². The first kappa shape index (κ1) is 48.8. The van der Waals surface area contributed by atoms with E-state index in [1.807, 2.05) is 0 Å². The minimum atomic E-state index is -5.28. The summed E-state index contributed by atoms with van der Waals surface area (Å²) >= 11 is 0.384. The predicted octanol–water partition coefficient (Wildman–Crippen LogP) is 7.08. The second-order valence-corrected chi connectivity index (χ2v) is 16.1. The smallest absolute Gasteiger partial charge is 0.296 e. The van der Waals surface area contributed by atoms with Gasteiger partial charge in [0.1, 0.15) is 68.6 Å². The van der Waals surface area contributed by atoms with Crippen LogP contribution in [0.5, 0.6) is 23.0 Å². The Morgan fingerprint density at radius 2 is 1.16 bits per heavy atom. The summed E-state index contributed by atoms with van der Waals surface area (Å²) in [6, 6.07) is 10.3. The normalized spacial score (nSPS) is 12.3. The molecule has 5 aromatic carbocycles. The van der Waals surface area contributed by atoms with Gasteiger partial charge in [-0.05, 0) is 41.8 Å². The van der Waals surface area contributed by atoms with E-state index in [1.54, 1.807) is 0 Å². The van der Waals surface area contributed by atoms with Gasteiger partial charge in [0.25, 0.3) is 25.9 Å². The molecule has 0 amide bonds. The molecule has 0 spiro atoms. The van der Waals surface area contributed by atoms with E-state index in [0.29, 0.717) is 0 Å². The van der Waals surface area contributed by atoms with Gasteiger partial charge in [0.05, 0.1) is 57.4 Å². The molecular formula is C32H28N8O20S4. The Balaban J connectivity index is 1.70. The molecule has 340 valence electrons. The number of fused-ring (bicyclic) bond motifs is 1. The SMILES string of the molecule is Nc1ccc(N=Nc2cc(OCCO)c(N=Nc3c(SOOO)cc4cc(S(=O)(=O)O)c(N=Nc5ccc([N+](=O)[O-])cc5SOOO)c(O)c4c3O)cc2OCCO)c(S(=O)(=O)O)c1. The summed E-state index contributed by atoms with van der Waals surface area (Å²) in [4.78, 5) is 8.21. The number of nitrogens with two attached hydrogens (primary N) is 1. The molecule has 0 aliphatic carbocycles. The molecule has 28 nitrogen and oxygen atoms in total. The molecule has 0 aliphatic heterocycles. The van der Waals surface area contributed by atoms with E-state index >= 15 is 0 Å². The van der Waals surface area contributed by atoms with Crippen LogP contribution in [0.2, 0.25) is 0 Å². The maximum absolute atomic E-state index is 12.6. The fraction of sp³-hybridized carbons (Fsp3) is 0.125. The van der Waals surface area contributed by atoms with Gasteiger partial charge in [-0.3, -0.25) is 19.2 Å². The summed E-state index contributed by atoms with van der Waals surface area (Å²) < 4.78 is 89.0. The van der Waals surface area contributed by atoms with Crippen LogP contribution in [0.4, 0.5) is 45.5 Å². The van der Waals surface area contributed by atoms with Crippen LogP contribution in [0.25, 0.3) is 10.8 Å². The Bertz CT molecular complexity index is 2890. The highest BCUT2D eigenvalue weighted by molar-refractivity contribution is 7.95. The lowest BCUT2D eigenvalue weighted by Crippen LogP contribution is -2.04. The van der Waals surface area contributed by atoms with E-state index in [1.165, 1.54) is 6.07 Å². The first-order valence-corrected chi connectivity index (χ1v) is 21.2. The Labute approximate surface area is 365 Å². The van der Waals surface area contributed by atoms with Crippen LogP contribution in [0.3, 0.4) is 0 Å². The number of aliphatic hydroxyl groups is 2. The van der Waals surface area contributed by atoms with Gasteiger partial charge in [-0.2, -0.15) is 16.8 Å². The average molecular weight is 973 g/mol. The van der Waals surface area contributed by atoms with Crippen molar-refractivity contribution >= 4 is 101 Å². The highest BCUT2D eigenvalue weighted by Crippen LogP contribution is 2.52. The van der Waals surface area contributed by atoms with Gasteiger partial charge < -0.3 is 35.6 Å². The number of hydrogen-bond donors (Lipinski definition) is 9. The Kier molecular flexibility index (Phi) is 16.3. The minimum absolute atomic E-state index is 0.0260. The van der Waals surface area contributed by atoms with E-state index in [2.05, 4.69) is 49.4 Å². The second-order valence-electron chi connectivity index (χ2n) is 11.8. The maximum atomic E-state index is 12.6. The average Bonchev–Trinajstić information content (AvgIpc) is 3.24. The molecule has 10 N–H and O–H groups in total. The standard InChI is InChI=1S/C32H28N8O20S4/c33-16-1-3-19(26(11-16)63(49,50)51)35-36-20-13-23(56-8-6-42)21(14-22(20)55-7-5-41)37-38-29-25(62-60-58-48)9-15-10-27(64(52,53)54)30(32(44)28(15)31(29)43)39-34-18-4-2-17(40(45)46)12-24(18)61-59-57-47/h1-4,9-14,41-44,47-48H,5-8,33H2,(H,49,50,51)(H,52,53,54). The third-order valence-corrected chi connectivity index (χ3v) is 10.8. The molecule has 0 aromatic heterocycles. The third-order valence-electron chi connectivity index (χ3n) is 7.77. The van der Waals surface area contributed by atoms with Crippen LogP contribution in [0, 0.1) is 10.1 Å². The number of nitrogen functional groups attached to an aromatic ring is 1. The molecule has 32 heteroatoms. The zero-order chi connectivity index (χ0) is 46.8. The molecule has 0 aliphatic rings. The molecule has 0 bridgehead atoms. The number of aromatic hydroxyl groups is 2. The summed E-state index contributed by atoms with van der Waals surface area (Å²) in [5.41, 5.74) is 2.47. The van der Waals surface area contributed by atoms with Gasteiger partial charge in [0.2, 0.25) is 0 Å². The number of azo groups is 3. The molecule has 0 saturated heterocycles. The number of benzene rings is 5. The van der Waals surface area contributed by atoms with Crippen molar-refractivity contribution in [2.45, 2.75) is 19.6 Å². The van der Waals surface area contributed by atoms with E-state index in [0.717, 1.165) is 54.6 Å². The minimum Gasteiger partial charge on any atom is -0.505 e. The number of non-ortho nitro benzene ring substituents is 1. The summed E-state index contributed by atoms with van der Waals surface area (Å²) in [6.07, 6.45) is 0. The zero-order valence-electron chi connectivity index (χ0n) is 31.4. The lowest BCUT2D eigenvalue weighted by atomic mass is 10.1. The third kappa shape index (κ3) is 11.9. The first-order valence-electron chi connectivity index (χ1n) is 16.8. The van der Waals surface area contributed by atoms with Crippen LogP contribution >= 0.6 is 24.1 Å². The number of phenols is 2. The largest absolute Gasteiger partial charge is 0.505 e. The number of nitro benzene ring substituents is 1. The van der Waals surface area contributed by atoms with Crippen LogP contribution in [-0.2, 0) is 39.0 Å². The van der Waals surface area contributed by atoms with Crippen molar-refractivity contribution in [3.05, 3.63) is 70.8 Å². The van der Waals surface area contributed by atoms with E-state index in [4.69, 9.17) is 25.7 Å². The molecule has 0 heterocycles. The van der Waals surface area contributed by atoms with Crippen LogP contribution in [-0.4, -0.2) is 88.2 Å². The molecule has 5 rings (SSSR count). The Hall–Kier alpha value is -6.24. The fourth-order valence-corrected chi connectivity index (χ4v) is 7.43. The number of ether oxygens (including phenoxy) is 2. The molecule has 64 heavy (non-hydrogen) atoms. The van der Waals surface area contributed by atoms with Crippen molar-refractivity contribution in [1.29, 1.82) is 0 Å². The number of rotatable bonds is 21. The molecule has 0 radical (unpaired) electrons. The molecule has 0 saturated carbocycles. The monoisotopic (exact) mass is 972 g/mol. The number of nitrogens with zero attached hydrogens (tertiary/aromatic N) is 7. The van der Waals surface area contributed by atoms with Crippen LogP contribution < -0.4 is 15.2 Å².